The van der Waals surface area contributed by atoms with Crippen molar-refractivity contribution in [1.29, 1.82) is 0 Å². The maximum Gasteiger partial charge on any atom is 0.226 e. The Kier molecular flexibility index (Phi) is 5.48. The van der Waals surface area contributed by atoms with E-state index in [9.17, 15) is 9.59 Å². The number of amides is 2. The Balaban J connectivity index is 1.29. The fraction of sp³-hybridized carbons (Fsp3) is 0.667. The van der Waals surface area contributed by atoms with E-state index in [1.54, 1.807) is 0 Å². The van der Waals surface area contributed by atoms with Gasteiger partial charge >= 0.3 is 0 Å². The van der Waals surface area contributed by atoms with Crippen LogP contribution < -0.4 is 10.6 Å². The Labute approximate surface area is 168 Å². The van der Waals surface area contributed by atoms with E-state index in [0.717, 1.165) is 49.1 Å². The van der Waals surface area contributed by atoms with Crippen LogP contribution in [0.2, 0.25) is 0 Å². The Morgan fingerprint density at radius 3 is 2.29 bits per heavy atom. The predicted molar refractivity (Wildman–Crippen MR) is 112 cm³/mol. The van der Waals surface area contributed by atoms with Crippen LogP contribution in [0.25, 0.3) is 0 Å². The molecule has 1 aromatic rings. The smallest absolute Gasteiger partial charge is 0.226 e. The summed E-state index contributed by atoms with van der Waals surface area (Å²) in [5, 5.41) is 6.15. The summed E-state index contributed by atoms with van der Waals surface area (Å²) < 4.78 is 0. The van der Waals surface area contributed by atoms with E-state index in [0.29, 0.717) is 18.9 Å². The molecule has 0 spiro atoms. The van der Waals surface area contributed by atoms with Gasteiger partial charge < -0.3 is 10.6 Å². The van der Waals surface area contributed by atoms with Crippen LogP contribution in [0.5, 0.6) is 0 Å². The second kappa shape index (κ2) is 7.88. The van der Waals surface area contributed by atoms with Crippen LogP contribution in [0, 0.1) is 23.2 Å². The average Bonchev–Trinajstić information content (AvgIpc) is 2.66. The Hall–Kier alpha value is -1.84. The first-order valence-electron chi connectivity index (χ1n) is 11.2. The van der Waals surface area contributed by atoms with Crippen LogP contribution in [0.4, 0.5) is 5.69 Å². The number of hydrogen-bond acceptors (Lipinski definition) is 2. The molecule has 1 atom stereocenters. The Morgan fingerprint density at radius 1 is 1.07 bits per heavy atom. The van der Waals surface area contributed by atoms with Gasteiger partial charge in [-0.2, -0.15) is 0 Å². The third-order valence-corrected chi connectivity index (χ3v) is 7.54. The summed E-state index contributed by atoms with van der Waals surface area (Å²) in [5.74, 6) is 2.88. The molecule has 4 nitrogen and oxygen atoms in total. The molecule has 2 N–H and O–H groups in total. The second-order valence-electron chi connectivity index (χ2n) is 9.65. The van der Waals surface area contributed by atoms with Crippen molar-refractivity contribution in [1.82, 2.24) is 5.32 Å². The van der Waals surface area contributed by atoms with Gasteiger partial charge in [-0.15, -0.1) is 0 Å². The number of para-hydroxylation sites is 1. The van der Waals surface area contributed by atoms with Crippen LogP contribution >= 0.6 is 0 Å². The molecule has 0 heterocycles. The molecule has 0 saturated heterocycles. The highest BCUT2D eigenvalue weighted by Gasteiger charge is 2.54. The molecule has 5 rings (SSSR count). The summed E-state index contributed by atoms with van der Waals surface area (Å²) in [6.45, 7) is 4.76. The molecule has 4 fully saturated rings. The molecular weight excluding hydrogens is 348 g/mol. The minimum absolute atomic E-state index is 0.0263. The van der Waals surface area contributed by atoms with Crippen LogP contribution in [0.3, 0.4) is 0 Å². The van der Waals surface area contributed by atoms with Gasteiger partial charge in [-0.1, -0.05) is 32.0 Å². The van der Waals surface area contributed by atoms with Gasteiger partial charge in [0.2, 0.25) is 11.8 Å². The van der Waals surface area contributed by atoms with Gasteiger partial charge in [0.15, 0.2) is 0 Å². The van der Waals surface area contributed by atoms with Gasteiger partial charge in [0.1, 0.15) is 0 Å². The molecule has 0 unspecified atom stereocenters. The highest BCUT2D eigenvalue weighted by molar-refractivity contribution is 5.92. The van der Waals surface area contributed by atoms with E-state index in [-0.39, 0.29) is 17.2 Å². The summed E-state index contributed by atoms with van der Waals surface area (Å²) in [6, 6.07) is 8.02. The van der Waals surface area contributed by atoms with Gasteiger partial charge in [0.25, 0.3) is 0 Å². The molecular formula is C24H34N2O2. The van der Waals surface area contributed by atoms with E-state index in [2.05, 4.69) is 30.5 Å². The lowest BCUT2D eigenvalue weighted by Crippen LogP contribution is -2.53. The number of benzene rings is 1. The third kappa shape index (κ3) is 3.83. The zero-order valence-corrected chi connectivity index (χ0v) is 17.3. The molecule has 4 saturated carbocycles. The van der Waals surface area contributed by atoms with E-state index < -0.39 is 0 Å². The molecule has 4 bridgehead atoms. The third-order valence-electron chi connectivity index (χ3n) is 7.54. The van der Waals surface area contributed by atoms with Crippen molar-refractivity contribution in [3.8, 4) is 0 Å². The SMILES string of the molecule is CC[C@H](C)c1ccccc1NC(=O)CCNC(=O)C12CC3CC(CC(C3)C1)C2. The lowest BCUT2D eigenvalue weighted by atomic mass is 9.49. The molecule has 0 radical (unpaired) electrons. The minimum Gasteiger partial charge on any atom is -0.355 e. The summed E-state index contributed by atoms with van der Waals surface area (Å²) in [7, 11) is 0. The highest BCUT2D eigenvalue weighted by Crippen LogP contribution is 2.60. The Bertz CT molecular complexity index is 707. The summed E-state index contributed by atoms with van der Waals surface area (Å²) in [6.07, 6.45) is 8.58. The predicted octanol–water partition coefficient (Wildman–Crippen LogP) is 4.86. The molecule has 0 aromatic heterocycles. The number of carbonyl (C=O) groups excluding carboxylic acids is 2. The zero-order chi connectivity index (χ0) is 19.7. The van der Waals surface area contributed by atoms with Crippen molar-refractivity contribution in [3.63, 3.8) is 0 Å². The Morgan fingerprint density at radius 2 is 1.68 bits per heavy atom. The van der Waals surface area contributed by atoms with Crippen molar-refractivity contribution in [2.75, 3.05) is 11.9 Å². The first-order chi connectivity index (χ1) is 13.5. The lowest BCUT2D eigenvalue weighted by molar-refractivity contribution is -0.146. The van der Waals surface area contributed by atoms with Gasteiger partial charge in [-0.05, 0) is 80.2 Å². The molecule has 1 aromatic carbocycles. The van der Waals surface area contributed by atoms with Gasteiger partial charge in [-0.3, -0.25) is 9.59 Å². The number of anilines is 1. The van der Waals surface area contributed by atoms with Crippen LogP contribution in [-0.2, 0) is 9.59 Å². The maximum absolute atomic E-state index is 13.0. The number of hydrogen-bond donors (Lipinski definition) is 2. The number of nitrogens with one attached hydrogen (secondary N) is 2. The summed E-state index contributed by atoms with van der Waals surface area (Å²) in [4.78, 5) is 25.4. The fourth-order valence-corrected chi connectivity index (χ4v) is 6.34. The summed E-state index contributed by atoms with van der Waals surface area (Å²) >= 11 is 0. The molecule has 28 heavy (non-hydrogen) atoms. The zero-order valence-electron chi connectivity index (χ0n) is 17.3. The fourth-order valence-electron chi connectivity index (χ4n) is 6.34. The topological polar surface area (TPSA) is 58.2 Å². The van der Waals surface area contributed by atoms with E-state index in [1.807, 2.05) is 18.2 Å². The van der Waals surface area contributed by atoms with Crippen LogP contribution in [-0.4, -0.2) is 18.4 Å². The molecule has 4 heteroatoms. The molecule has 0 aliphatic heterocycles. The van der Waals surface area contributed by atoms with Crippen molar-refractivity contribution < 1.29 is 9.59 Å². The van der Waals surface area contributed by atoms with Crippen molar-refractivity contribution in [3.05, 3.63) is 29.8 Å². The van der Waals surface area contributed by atoms with Crippen molar-refractivity contribution >= 4 is 17.5 Å². The van der Waals surface area contributed by atoms with Crippen molar-refractivity contribution in [2.45, 2.75) is 71.1 Å². The highest BCUT2D eigenvalue weighted by atomic mass is 16.2. The normalized spacial score (nSPS) is 31.4. The lowest BCUT2D eigenvalue weighted by Gasteiger charge is -2.55. The maximum atomic E-state index is 13.0. The molecule has 4 aliphatic carbocycles. The minimum atomic E-state index is -0.131. The second-order valence-corrected chi connectivity index (χ2v) is 9.65. The van der Waals surface area contributed by atoms with Gasteiger partial charge in [0.05, 0.1) is 0 Å². The standard InChI is InChI=1S/C24H34N2O2/c1-3-16(2)20-6-4-5-7-21(20)26-22(27)8-9-25-23(28)24-13-17-10-18(14-24)12-19(11-17)15-24/h4-7,16-19H,3,8-15H2,1-2H3,(H,25,28)(H,26,27)/t16-,17?,18?,19?,24?/m0/s1. The molecule has 2 amide bonds. The van der Waals surface area contributed by atoms with Crippen LogP contribution in [0.15, 0.2) is 24.3 Å². The van der Waals surface area contributed by atoms with E-state index in [1.165, 1.54) is 24.8 Å². The first-order valence-corrected chi connectivity index (χ1v) is 11.2. The van der Waals surface area contributed by atoms with Crippen LogP contribution in [0.1, 0.15) is 76.7 Å². The van der Waals surface area contributed by atoms with Crippen molar-refractivity contribution in [2.24, 2.45) is 23.2 Å². The number of carbonyl (C=O) groups is 2. The average molecular weight is 383 g/mol. The largest absolute Gasteiger partial charge is 0.355 e. The van der Waals surface area contributed by atoms with Gasteiger partial charge in [0, 0.05) is 24.1 Å². The van der Waals surface area contributed by atoms with E-state index in [4.69, 9.17) is 0 Å². The van der Waals surface area contributed by atoms with E-state index >= 15 is 0 Å². The monoisotopic (exact) mass is 382 g/mol. The first kappa shape index (κ1) is 19.5. The molecule has 152 valence electrons. The van der Waals surface area contributed by atoms with Gasteiger partial charge in [-0.25, -0.2) is 0 Å². The summed E-state index contributed by atoms with van der Waals surface area (Å²) in [5.41, 5.74) is 1.94. The quantitative estimate of drug-likeness (QED) is 0.707. The number of rotatable bonds is 7. The molecule has 4 aliphatic rings.